The van der Waals surface area contributed by atoms with Gasteiger partial charge in [0.2, 0.25) is 0 Å². The number of aromatic nitrogens is 1. The van der Waals surface area contributed by atoms with Crippen molar-refractivity contribution in [2.45, 2.75) is 70.6 Å². The number of halogens is 5. The highest BCUT2D eigenvalue weighted by molar-refractivity contribution is 5.95. The molecule has 45 heavy (non-hydrogen) atoms. The molecule has 0 aliphatic rings. The van der Waals surface area contributed by atoms with Gasteiger partial charge in [-0.15, -0.1) is 0 Å². The van der Waals surface area contributed by atoms with E-state index in [0.29, 0.717) is 0 Å². The third kappa shape index (κ3) is 9.67. The molecule has 0 fully saturated rings. The lowest BCUT2D eigenvalue weighted by atomic mass is 9.93. The Morgan fingerprint density at radius 1 is 0.844 bits per heavy atom. The predicted octanol–water partition coefficient (Wildman–Crippen LogP) is 7.12. The van der Waals surface area contributed by atoms with Gasteiger partial charge in [-0.25, -0.2) is 13.8 Å². The van der Waals surface area contributed by atoms with Crippen LogP contribution in [-0.2, 0) is 32.1 Å². The quantitative estimate of drug-likeness (QED) is 0.174. The number of carbonyl (C=O) groups is 1. The van der Waals surface area contributed by atoms with Crippen molar-refractivity contribution in [2.75, 3.05) is 0 Å². The molecule has 5 nitrogen and oxygen atoms in total. The molecule has 0 saturated carbocycles. The van der Waals surface area contributed by atoms with Gasteiger partial charge < -0.3 is 10.4 Å². The van der Waals surface area contributed by atoms with Crippen molar-refractivity contribution >= 4 is 5.91 Å². The van der Waals surface area contributed by atoms with E-state index in [1.807, 2.05) is 65.6 Å². The van der Waals surface area contributed by atoms with Crippen LogP contribution in [0.25, 0.3) is 0 Å². The van der Waals surface area contributed by atoms with Gasteiger partial charge in [0.25, 0.3) is 5.91 Å². The number of pyridine rings is 1. The standard InChI is InChI=1S/C35H36F5N3O2/c1-34(2,3)42-33(45)27-15-17-32(35(38,39)40)41-29(27)20-31(44)30(19-25-18-26(36)14-16-28(25)37)43(21-23-10-6-4-7-11-23)22-24-12-8-5-9-13-24/h4-18,30-31,44H,19-22H2,1-3H3,(H,42,45)/t30-,31+/m1/s1. The summed E-state index contributed by atoms with van der Waals surface area (Å²) in [5.74, 6) is -2.00. The highest BCUT2D eigenvalue weighted by Gasteiger charge is 2.35. The zero-order valence-electron chi connectivity index (χ0n) is 25.3. The molecule has 0 bridgehead atoms. The zero-order valence-corrected chi connectivity index (χ0v) is 25.3. The van der Waals surface area contributed by atoms with Crippen molar-refractivity contribution in [3.63, 3.8) is 0 Å². The molecule has 4 rings (SSSR count). The maximum atomic E-state index is 15.0. The summed E-state index contributed by atoms with van der Waals surface area (Å²) >= 11 is 0. The molecule has 3 aromatic carbocycles. The molecule has 0 saturated heterocycles. The van der Waals surface area contributed by atoms with Gasteiger partial charge in [0.1, 0.15) is 17.3 Å². The summed E-state index contributed by atoms with van der Waals surface area (Å²) in [6, 6.07) is 22.5. The van der Waals surface area contributed by atoms with E-state index in [1.54, 1.807) is 20.8 Å². The van der Waals surface area contributed by atoms with Crippen LogP contribution in [0.4, 0.5) is 22.0 Å². The summed E-state index contributed by atoms with van der Waals surface area (Å²) in [4.78, 5) is 18.8. The van der Waals surface area contributed by atoms with Crippen molar-refractivity contribution in [1.82, 2.24) is 15.2 Å². The number of alkyl halides is 3. The Morgan fingerprint density at radius 3 is 1.96 bits per heavy atom. The van der Waals surface area contributed by atoms with Crippen LogP contribution in [0.3, 0.4) is 0 Å². The minimum Gasteiger partial charge on any atom is -0.391 e. The number of benzene rings is 3. The summed E-state index contributed by atoms with van der Waals surface area (Å²) in [6.45, 7) is 5.74. The first-order valence-corrected chi connectivity index (χ1v) is 14.5. The van der Waals surface area contributed by atoms with Gasteiger partial charge in [-0.2, -0.15) is 13.2 Å². The first-order valence-electron chi connectivity index (χ1n) is 14.5. The average molecular weight is 626 g/mol. The van der Waals surface area contributed by atoms with Crippen molar-refractivity contribution in [3.8, 4) is 0 Å². The largest absolute Gasteiger partial charge is 0.433 e. The van der Waals surface area contributed by atoms with E-state index in [4.69, 9.17) is 0 Å². The molecule has 0 aliphatic heterocycles. The fraction of sp³-hybridized carbons (Fsp3) is 0.314. The normalized spacial score (nSPS) is 13.5. The first kappa shape index (κ1) is 33.7. The molecule has 0 unspecified atom stereocenters. The molecule has 1 aromatic heterocycles. The summed E-state index contributed by atoms with van der Waals surface area (Å²) in [6.07, 6.45) is -6.88. The van der Waals surface area contributed by atoms with Gasteiger partial charge >= 0.3 is 6.18 Å². The Hall–Kier alpha value is -4.15. The van der Waals surface area contributed by atoms with Gasteiger partial charge in [0.15, 0.2) is 0 Å². The Balaban J connectivity index is 1.80. The van der Waals surface area contributed by atoms with E-state index in [1.165, 1.54) is 0 Å². The molecule has 0 radical (unpaired) electrons. The molecule has 1 heterocycles. The lowest BCUT2D eigenvalue weighted by Gasteiger charge is -2.36. The number of amides is 1. The van der Waals surface area contributed by atoms with E-state index in [-0.39, 0.29) is 36.3 Å². The Labute approximate surface area is 259 Å². The van der Waals surface area contributed by atoms with E-state index in [0.717, 1.165) is 41.5 Å². The zero-order chi connectivity index (χ0) is 32.8. The van der Waals surface area contributed by atoms with Crippen LogP contribution in [0, 0.1) is 11.6 Å². The number of aliphatic hydroxyl groups excluding tert-OH is 1. The smallest absolute Gasteiger partial charge is 0.391 e. The van der Waals surface area contributed by atoms with Crippen LogP contribution < -0.4 is 5.32 Å². The second-order valence-corrected chi connectivity index (χ2v) is 12.0. The van der Waals surface area contributed by atoms with Gasteiger partial charge in [-0.3, -0.25) is 9.69 Å². The maximum absolute atomic E-state index is 15.0. The number of nitrogens with zero attached hydrogens (tertiary/aromatic N) is 2. The highest BCUT2D eigenvalue weighted by atomic mass is 19.4. The number of nitrogens with one attached hydrogen (secondary N) is 1. The number of rotatable bonds is 11. The maximum Gasteiger partial charge on any atom is 0.433 e. The average Bonchev–Trinajstić information content (AvgIpc) is 2.97. The second kappa shape index (κ2) is 14.3. The topological polar surface area (TPSA) is 65.5 Å². The Kier molecular flexibility index (Phi) is 10.7. The van der Waals surface area contributed by atoms with Gasteiger partial charge in [-0.05, 0) is 74.2 Å². The first-order chi connectivity index (χ1) is 21.2. The molecule has 4 aromatic rings. The molecule has 0 spiro atoms. The molecule has 0 aliphatic carbocycles. The van der Waals surface area contributed by atoms with Crippen molar-refractivity contribution < 1.29 is 31.9 Å². The lowest BCUT2D eigenvalue weighted by molar-refractivity contribution is -0.141. The third-order valence-corrected chi connectivity index (χ3v) is 7.21. The third-order valence-electron chi connectivity index (χ3n) is 7.21. The van der Waals surface area contributed by atoms with Crippen molar-refractivity contribution in [1.29, 1.82) is 0 Å². The molecular formula is C35H36F5N3O2. The minimum atomic E-state index is -4.80. The van der Waals surface area contributed by atoms with E-state index < -0.39 is 53.5 Å². The molecule has 2 atom stereocenters. The van der Waals surface area contributed by atoms with Crippen LogP contribution >= 0.6 is 0 Å². The molecule has 2 N–H and O–H groups in total. The monoisotopic (exact) mass is 625 g/mol. The highest BCUT2D eigenvalue weighted by Crippen LogP contribution is 2.30. The van der Waals surface area contributed by atoms with E-state index in [9.17, 15) is 31.9 Å². The molecular weight excluding hydrogens is 589 g/mol. The van der Waals surface area contributed by atoms with Gasteiger partial charge in [0, 0.05) is 31.1 Å². The summed E-state index contributed by atoms with van der Waals surface area (Å²) < 4.78 is 70.5. The van der Waals surface area contributed by atoms with Crippen LogP contribution in [-0.4, -0.2) is 38.6 Å². The summed E-state index contributed by atoms with van der Waals surface area (Å²) in [5.41, 5.74) is -0.563. The molecule has 10 heteroatoms. The Bertz CT molecular complexity index is 1530. The van der Waals surface area contributed by atoms with Crippen LogP contribution in [0.15, 0.2) is 91.0 Å². The number of hydrogen-bond acceptors (Lipinski definition) is 4. The van der Waals surface area contributed by atoms with Crippen molar-refractivity contribution in [2.24, 2.45) is 0 Å². The Morgan fingerprint density at radius 2 is 1.42 bits per heavy atom. The van der Waals surface area contributed by atoms with Crippen LogP contribution in [0.1, 0.15) is 59.2 Å². The summed E-state index contributed by atoms with van der Waals surface area (Å²) in [5, 5.41) is 14.6. The van der Waals surface area contributed by atoms with Crippen LogP contribution in [0.2, 0.25) is 0 Å². The number of aliphatic hydroxyl groups is 1. The van der Waals surface area contributed by atoms with Gasteiger partial charge in [-0.1, -0.05) is 60.7 Å². The number of hydrogen-bond donors (Lipinski definition) is 2. The fourth-order valence-corrected chi connectivity index (χ4v) is 5.12. The van der Waals surface area contributed by atoms with Crippen LogP contribution in [0.5, 0.6) is 0 Å². The SMILES string of the molecule is CC(C)(C)NC(=O)c1ccc(C(F)(F)F)nc1C[C@H](O)[C@@H](Cc1cc(F)ccc1F)N(Cc1ccccc1)Cc1ccccc1. The fourth-order valence-electron chi connectivity index (χ4n) is 5.12. The predicted molar refractivity (Wildman–Crippen MR) is 162 cm³/mol. The molecule has 238 valence electrons. The van der Waals surface area contributed by atoms with Crippen molar-refractivity contribution in [3.05, 3.63) is 136 Å². The van der Waals surface area contributed by atoms with E-state index >= 15 is 0 Å². The van der Waals surface area contributed by atoms with E-state index in [2.05, 4.69) is 10.3 Å². The van der Waals surface area contributed by atoms with Gasteiger partial charge in [0.05, 0.1) is 17.4 Å². The molecule has 1 amide bonds. The lowest BCUT2D eigenvalue weighted by Crippen LogP contribution is -2.46. The summed E-state index contributed by atoms with van der Waals surface area (Å²) in [7, 11) is 0. The second-order valence-electron chi connectivity index (χ2n) is 12.0. The number of carbonyl (C=O) groups excluding carboxylic acids is 1. The minimum absolute atomic E-state index is 0.00660.